The molecule has 0 radical (unpaired) electrons. The maximum absolute atomic E-state index is 12.3. The normalized spacial score (nSPS) is 11.8. The molecule has 0 aliphatic rings. The molecule has 1 unspecified atom stereocenters. The number of anilines is 1. The van der Waals surface area contributed by atoms with Crippen LogP contribution in [0.2, 0.25) is 0 Å². The Morgan fingerprint density at radius 3 is 2.81 bits per heavy atom. The summed E-state index contributed by atoms with van der Waals surface area (Å²) in [5.41, 5.74) is 1.61. The van der Waals surface area contributed by atoms with Gasteiger partial charge in [-0.1, -0.05) is 30.0 Å². The number of benzene rings is 1. The van der Waals surface area contributed by atoms with E-state index < -0.39 is 0 Å². The zero-order valence-electron chi connectivity index (χ0n) is 18.3. The predicted octanol–water partition coefficient (Wildman–Crippen LogP) is 3.56. The summed E-state index contributed by atoms with van der Waals surface area (Å²) in [6.07, 6.45) is -0.218. The Balaban J connectivity index is 1.52. The standard InChI is InChI=1S/C21H25N5O4S2/c1-5-29-18(28)10-15-11-31-20(22-15)23-17(27)12-32-21-25-24-19(26(21)4)14(3)30-16-9-7-6-8-13(16)2/h6-9,11,14H,5,10,12H2,1-4H3,(H,22,23,27). The number of thiazole rings is 1. The van der Waals surface area contributed by atoms with E-state index in [9.17, 15) is 9.59 Å². The van der Waals surface area contributed by atoms with Crippen LogP contribution in [0.5, 0.6) is 5.75 Å². The summed E-state index contributed by atoms with van der Waals surface area (Å²) in [6.45, 7) is 5.97. The first-order valence-electron chi connectivity index (χ1n) is 10.0. The Kier molecular flexibility index (Phi) is 8.23. The lowest BCUT2D eigenvalue weighted by atomic mass is 10.2. The second kappa shape index (κ2) is 11.1. The van der Waals surface area contributed by atoms with Crippen molar-refractivity contribution in [1.29, 1.82) is 0 Å². The van der Waals surface area contributed by atoms with Gasteiger partial charge in [-0.2, -0.15) is 0 Å². The molecule has 3 aromatic rings. The number of ether oxygens (including phenoxy) is 2. The molecule has 32 heavy (non-hydrogen) atoms. The van der Waals surface area contributed by atoms with Gasteiger partial charge in [0.1, 0.15) is 5.75 Å². The Hall–Kier alpha value is -2.92. The lowest BCUT2D eigenvalue weighted by Gasteiger charge is -2.15. The van der Waals surface area contributed by atoms with Crippen molar-refractivity contribution in [3.63, 3.8) is 0 Å². The number of hydrogen-bond donors (Lipinski definition) is 1. The lowest BCUT2D eigenvalue weighted by molar-refractivity contribution is -0.142. The highest BCUT2D eigenvalue weighted by molar-refractivity contribution is 7.99. The van der Waals surface area contributed by atoms with E-state index in [1.54, 1.807) is 12.3 Å². The molecular weight excluding hydrogens is 450 g/mol. The van der Waals surface area contributed by atoms with E-state index in [0.717, 1.165) is 11.3 Å². The molecule has 0 saturated heterocycles. The van der Waals surface area contributed by atoms with E-state index in [0.29, 0.717) is 28.4 Å². The van der Waals surface area contributed by atoms with Gasteiger partial charge in [0.2, 0.25) is 5.91 Å². The minimum Gasteiger partial charge on any atom is -0.482 e. The summed E-state index contributed by atoms with van der Waals surface area (Å²) in [5, 5.41) is 13.9. The van der Waals surface area contributed by atoms with Gasteiger partial charge in [-0.15, -0.1) is 21.5 Å². The van der Waals surface area contributed by atoms with Gasteiger partial charge >= 0.3 is 5.97 Å². The summed E-state index contributed by atoms with van der Waals surface area (Å²) in [7, 11) is 1.84. The molecule has 9 nitrogen and oxygen atoms in total. The number of aryl methyl sites for hydroxylation is 1. The maximum Gasteiger partial charge on any atom is 0.311 e. The third-order valence-corrected chi connectivity index (χ3v) is 6.22. The fourth-order valence-corrected chi connectivity index (χ4v) is 4.27. The average Bonchev–Trinajstić information content (AvgIpc) is 3.34. The van der Waals surface area contributed by atoms with Crippen LogP contribution in [0, 0.1) is 6.92 Å². The van der Waals surface area contributed by atoms with E-state index in [4.69, 9.17) is 9.47 Å². The van der Waals surface area contributed by atoms with Crippen LogP contribution >= 0.6 is 23.1 Å². The number of para-hydroxylation sites is 1. The molecule has 11 heteroatoms. The van der Waals surface area contributed by atoms with E-state index >= 15 is 0 Å². The monoisotopic (exact) mass is 475 g/mol. The number of carbonyl (C=O) groups excluding carboxylic acids is 2. The third kappa shape index (κ3) is 6.30. The molecule has 1 amide bonds. The topological polar surface area (TPSA) is 108 Å². The van der Waals surface area contributed by atoms with Crippen LogP contribution in [0.1, 0.15) is 37.0 Å². The number of carbonyl (C=O) groups is 2. The Morgan fingerprint density at radius 1 is 1.28 bits per heavy atom. The van der Waals surface area contributed by atoms with Gasteiger partial charge in [0.25, 0.3) is 0 Å². The van der Waals surface area contributed by atoms with Crippen LogP contribution in [0.3, 0.4) is 0 Å². The van der Waals surface area contributed by atoms with Gasteiger partial charge in [0.15, 0.2) is 22.2 Å². The molecule has 0 fully saturated rings. The van der Waals surface area contributed by atoms with Gasteiger partial charge in [-0.25, -0.2) is 4.98 Å². The fourth-order valence-electron chi connectivity index (χ4n) is 2.83. The van der Waals surface area contributed by atoms with Gasteiger partial charge in [0, 0.05) is 12.4 Å². The van der Waals surface area contributed by atoms with Crippen molar-refractivity contribution in [3.8, 4) is 5.75 Å². The van der Waals surface area contributed by atoms with Crippen molar-refractivity contribution in [2.45, 2.75) is 38.5 Å². The van der Waals surface area contributed by atoms with Crippen molar-refractivity contribution in [3.05, 3.63) is 46.7 Å². The van der Waals surface area contributed by atoms with Crippen LogP contribution in [0.15, 0.2) is 34.8 Å². The minimum absolute atomic E-state index is 0.0828. The van der Waals surface area contributed by atoms with Crippen LogP contribution in [-0.4, -0.2) is 44.0 Å². The predicted molar refractivity (Wildman–Crippen MR) is 123 cm³/mol. The van der Waals surface area contributed by atoms with E-state index in [-0.39, 0.29) is 30.2 Å². The first-order valence-corrected chi connectivity index (χ1v) is 11.9. The average molecular weight is 476 g/mol. The first kappa shape index (κ1) is 23.7. The zero-order chi connectivity index (χ0) is 23.1. The van der Waals surface area contributed by atoms with Crippen LogP contribution in [0.25, 0.3) is 0 Å². The molecular formula is C21H25N5O4S2. The van der Waals surface area contributed by atoms with Gasteiger partial charge < -0.3 is 19.4 Å². The number of hydrogen-bond acceptors (Lipinski definition) is 9. The SMILES string of the molecule is CCOC(=O)Cc1csc(NC(=O)CSc2nnc(C(C)Oc3ccccc3C)n2C)n1. The third-order valence-electron chi connectivity index (χ3n) is 4.39. The first-order chi connectivity index (χ1) is 15.4. The molecule has 1 atom stereocenters. The molecule has 0 aliphatic heterocycles. The molecule has 0 aliphatic carbocycles. The largest absolute Gasteiger partial charge is 0.482 e. The number of amides is 1. The summed E-state index contributed by atoms with van der Waals surface area (Å²) in [5.74, 6) is 1.04. The quantitative estimate of drug-likeness (QED) is 0.350. The molecule has 0 saturated carbocycles. The van der Waals surface area contributed by atoms with Crippen LogP contribution < -0.4 is 10.1 Å². The summed E-state index contributed by atoms with van der Waals surface area (Å²) in [4.78, 5) is 28.1. The second-order valence-corrected chi connectivity index (χ2v) is 8.69. The van der Waals surface area contributed by atoms with Crippen molar-refractivity contribution >= 4 is 40.1 Å². The Morgan fingerprint density at radius 2 is 2.06 bits per heavy atom. The molecule has 2 aromatic heterocycles. The molecule has 1 aromatic carbocycles. The molecule has 2 heterocycles. The molecule has 1 N–H and O–H groups in total. The van der Waals surface area contributed by atoms with E-state index in [1.165, 1.54) is 23.1 Å². The smallest absolute Gasteiger partial charge is 0.311 e. The number of nitrogens with zero attached hydrogens (tertiary/aromatic N) is 4. The highest BCUT2D eigenvalue weighted by Gasteiger charge is 2.19. The number of aromatic nitrogens is 4. The lowest BCUT2D eigenvalue weighted by Crippen LogP contribution is -2.15. The highest BCUT2D eigenvalue weighted by atomic mass is 32.2. The summed E-state index contributed by atoms with van der Waals surface area (Å²) in [6, 6.07) is 7.79. The van der Waals surface area contributed by atoms with Crippen molar-refractivity contribution in [1.82, 2.24) is 19.7 Å². The molecule has 0 spiro atoms. The van der Waals surface area contributed by atoms with Crippen molar-refractivity contribution in [2.75, 3.05) is 17.7 Å². The Labute approximate surface area is 194 Å². The van der Waals surface area contributed by atoms with Crippen LogP contribution in [0.4, 0.5) is 5.13 Å². The maximum atomic E-state index is 12.3. The minimum atomic E-state index is -0.343. The summed E-state index contributed by atoms with van der Waals surface area (Å²) >= 11 is 2.53. The van der Waals surface area contributed by atoms with Crippen molar-refractivity contribution in [2.24, 2.45) is 7.05 Å². The molecule has 170 valence electrons. The van der Waals surface area contributed by atoms with Gasteiger partial charge in [-0.3, -0.25) is 9.59 Å². The van der Waals surface area contributed by atoms with Crippen LogP contribution in [-0.2, 0) is 27.8 Å². The zero-order valence-corrected chi connectivity index (χ0v) is 20.0. The van der Waals surface area contributed by atoms with E-state index in [1.807, 2.05) is 49.7 Å². The van der Waals surface area contributed by atoms with E-state index in [2.05, 4.69) is 20.5 Å². The van der Waals surface area contributed by atoms with Gasteiger partial charge in [0.05, 0.1) is 24.5 Å². The fraction of sp³-hybridized carbons (Fsp3) is 0.381. The summed E-state index contributed by atoms with van der Waals surface area (Å²) < 4.78 is 12.7. The second-order valence-electron chi connectivity index (χ2n) is 6.89. The van der Waals surface area contributed by atoms with Gasteiger partial charge in [-0.05, 0) is 32.4 Å². The van der Waals surface area contributed by atoms with Crippen molar-refractivity contribution < 1.29 is 19.1 Å². The highest BCUT2D eigenvalue weighted by Crippen LogP contribution is 2.26. The number of rotatable bonds is 10. The Bertz CT molecular complexity index is 1080. The molecule has 3 rings (SSSR count). The number of esters is 1. The number of nitrogens with one attached hydrogen (secondary N) is 1. The number of thioether (sulfide) groups is 1. The molecule has 0 bridgehead atoms.